The van der Waals surface area contributed by atoms with Crippen LogP contribution in [-0.4, -0.2) is 23.5 Å². The molecule has 1 aromatic carbocycles. The number of hydrogen-bond acceptors (Lipinski definition) is 3. The maximum absolute atomic E-state index is 13.4. The lowest BCUT2D eigenvalue weighted by Gasteiger charge is -2.21. The molecule has 1 unspecified atom stereocenters. The molecule has 0 aromatic heterocycles. The van der Waals surface area contributed by atoms with Crippen molar-refractivity contribution in [3.05, 3.63) is 33.6 Å². The van der Waals surface area contributed by atoms with Gasteiger partial charge in [-0.1, -0.05) is 23.2 Å². The first-order chi connectivity index (χ1) is 9.99. The van der Waals surface area contributed by atoms with E-state index in [0.29, 0.717) is 0 Å². The molecule has 0 saturated carbocycles. The summed E-state index contributed by atoms with van der Waals surface area (Å²) in [4.78, 5) is 23.7. The molecule has 4 nitrogen and oxygen atoms in total. The summed E-state index contributed by atoms with van der Waals surface area (Å²) in [6.07, 6.45) is -0.666. The highest BCUT2D eigenvalue weighted by Crippen LogP contribution is 2.25. The van der Waals surface area contributed by atoms with Crippen LogP contribution in [0.5, 0.6) is 0 Å². The zero-order valence-corrected chi connectivity index (χ0v) is 14.3. The van der Waals surface area contributed by atoms with Crippen molar-refractivity contribution in [3.8, 4) is 0 Å². The number of benzene rings is 1. The van der Waals surface area contributed by atoms with Crippen molar-refractivity contribution in [2.45, 2.75) is 45.8 Å². The lowest BCUT2D eigenvalue weighted by atomic mass is 10.0. The van der Waals surface area contributed by atoms with E-state index in [1.165, 1.54) is 6.07 Å². The topological polar surface area (TPSA) is 55.4 Å². The Labute approximate surface area is 138 Å². The standard InChI is InChI=1S/C15H18Cl2FNO3/c1-8(19-14(21)22-15(2,3)4)5-13(20)9-6-12(18)11(17)7-10(9)16/h6-8H,5H2,1-4H3,(H,19,21). The van der Waals surface area contributed by atoms with Gasteiger partial charge in [0.2, 0.25) is 0 Å². The highest BCUT2D eigenvalue weighted by molar-refractivity contribution is 6.36. The minimum atomic E-state index is -0.720. The van der Waals surface area contributed by atoms with E-state index in [2.05, 4.69) is 5.32 Å². The summed E-state index contributed by atoms with van der Waals surface area (Å²) >= 11 is 11.5. The van der Waals surface area contributed by atoms with Crippen LogP contribution in [0.3, 0.4) is 0 Å². The fourth-order valence-electron chi connectivity index (χ4n) is 1.68. The second-order valence-corrected chi connectivity index (χ2v) is 6.74. The molecule has 0 radical (unpaired) electrons. The maximum atomic E-state index is 13.4. The molecule has 0 spiro atoms. The van der Waals surface area contributed by atoms with E-state index < -0.39 is 29.3 Å². The zero-order valence-electron chi connectivity index (χ0n) is 12.8. The largest absolute Gasteiger partial charge is 0.444 e. The van der Waals surface area contributed by atoms with Gasteiger partial charge in [-0.25, -0.2) is 9.18 Å². The molecule has 1 aromatic rings. The van der Waals surface area contributed by atoms with Crippen LogP contribution in [0.4, 0.5) is 9.18 Å². The molecule has 22 heavy (non-hydrogen) atoms. The van der Waals surface area contributed by atoms with Crippen LogP contribution in [-0.2, 0) is 4.74 Å². The van der Waals surface area contributed by atoms with Gasteiger partial charge in [0.25, 0.3) is 0 Å². The quantitative estimate of drug-likeness (QED) is 0.637. The van der Waals surface area contributed by atoms with Crippen molar-refractivity contribution >= 4 is 35.1 Å². The second kappa shape index (κ2) is 7.29. The smallest absolute Gasteiger partial charge is 0.407 e. The first kappa shape index (κ1) is 18.7. The van der Waals surface area contributed by atoms with Gasteiger partial charge in [-0.3, -0.25) is 4.79 Å². The van der Waals surface area contributed by atoms with Crippen LogP contribution in [0.1, 0.15) is 44.5 Å². The molecule has 7 heteroatoms. The molecule has 0 aliphatic rings. The van der Waals surface area contributed by atoms with Gasteiger partial charge in [-0.15, -0.1) is 0 Å². The molecule has 0 bridgehead atoms. The molecule has 1 rings (SSSR count). The molecule has 0 heterocycles. The van der Waals surface area contributed by atoms with Gasteiger partial charge in [0.15, 0.2) is 5.78 Å². The summed E-state index contributed by atoms with van der Waals surface area (Å²) in [6.45, 7) is 6.85. The van der Waals surface area contributed by atoms with Crippen LogP contribution in [0, 0.1) is 5.82 Å². The Hall–Kier alpha value is -1.33. The average molecular weight is 350 g/mol. The van der Waals surface area contributed by atoms with Crippen molar-refractivity contribution in [1.29, 1.82) is 0 Å². The Kier molecular flexibility index (Phi) is 6.20. The summed E-state index contributed by atoms with van der Waals surface area (Å²) in [7, 11) is 0. The normalized spacial score (nSPS) is 12.7. The molecule has 0 aliphatic carbocycles. The highest BCUT2D eigenvalue weighted by atomic mass is 35.5. The number of carbonyl (C=O) groups is 2. The second-order valence-electron chi connectivity index (χ2n) is 5.92. The zero-order chi connectivity index (χ0) is 17.1. The van der Waals surface area contributed by atoms with Gasteiger partial charge >= 0.3 is 6.09 Å². The number of carbonyl (C=O) groups excluding carboxylic acids is 2. The van der Waals surface area contributed by atoms with E-state index in [-0.39, 0.29) is 22.0 Å². The van der Waals surface area contributed by atoms with Crippen LogP contribution in [0.2, 0.25) is 10.0 Å². The van der Waals surface area contributed by atoms with Crippen LogP contribution >= 0.6 is 23.2 Å². The number of ether oxygens (including phenoxy) is 1. The number of hydrogen-bond donors (Lipinski definition) is 1. The first-order valence-electron chi connectivity index (χ1n) is 6.67. The summed E-state index contributed by atoms with van der Waals surface area (Å²) in [5.41, 5.74) is -0.599. The lowest BCUT2D eigenvalue weighted by Crippen LogP contribution is -2.38. The molecular formula is C15H18Cl2FNO3. The third-order valence-electron chi connectivity index (χ3n) is 2.57. The molecular weight excluding hydrogens is 332 g/mol. The van der Waals surface area contributed by atoms with Crippen molar-refractivity contribution in [2.24, 2.45) is 0 Å². The summed E-state index contributed by atoms with van der Waals surface area (Å²) in [5.74, 6) is -1.12. The van der Waals surface area contributed by atoms with Crippen LogP contribution in [0.25, 0.3) is 0 Å². The summed E-state index contributed by atoms with van der Waals surface area (Å²) < 4.78 is 18.5. The van der Waals surface area contributed by atoms with Crippen molar-refractivity contribution in [2.75, 3.05) is 0 Å². The average Bonchev–Trinajstić information content (AvgIpc) is 2.30. The molecule has 0 aliphatic heterocycles. The Morgan fingerprint density at radius 1 is 1.27 bits per heavy atom. The Balaban J connectivity index is 2.69. The SMILES string of the molecule is CC(CC(=O)c1cc(F)c(Cl)cc1Cl)NC(=O)OC(C)(C)C. The van der Waals surface area contributed by atoms with E-state index >= 15 is 0 Å². The predicted molar refractivity (Wildman–Crippen MR) is 84.2 cm³/mol. The minimum Gasteiger partial charge on any atom is -0.444 e. The number of nitrogens with one attached hydrogen (secondary N) is 1. The van der Waals surface area contributed by atoms with E-state index in [4.69, 9.17) is 27.9 Å². The van der Waals surface area contributed by atoms with Gasteiger partial charge in [-0.05, 0) is 39.8 Å². The summed E-state index contributed by atoms with van der Waals surface area (Å²) in [5, 5.41) is 2.46. The number of ketones is 1. The number of Topliss-reactive ketones (excluding diaryl/α,β-unsaturated/α-hetero) is 1. The Bertz CT molecular complexity index is 585. The van der Waals surface area contributed by atoms with Crippen molar-refractivity contribution in [3.63, 3.8) is 0 Å². The van der Waals surface area contributed by atoms with E-state index in [9.17, 15) is 14.0 Å². The Morgan fingerprint density at radius 3 is 2.41 bits per heavy atom. The summed E-state index contributed by atoms with van der Waals surface area (Å²) in [6, 6.07) is 1.68. The van der Waals surface area contributed by atoms with E-state index in [1.54, 1.807) is 27.7 Å². The van der Waals surface area contributed by atoms with Crippen LogP contribution in [0.15, 0.2) is 12.1 Å². The molecule has 1 amide bonds. The van der Waals surface area contributed by atoms with Crippen molar-refractivity contribution < 1.29 is 18.7 Å². The van der Waals surface area contributed by atoms with Crippen molar-refractivity contribution in [1.82, 2.24) is 5.32 Å². The molecule has 122 valence electrons. The third-order valence-corrected chi connectivity index (χ3v) is 3.17. The molecule has 0 fully saturated rings. The van der Waals surface area contributed by atoms with Gasteiger partial charge in [-0.2, -0.15) is 0 Å². The lowest BCUT2D eigenvalue weighted by molar-refractivity contribution is 0.0506. The number of halogens is 3. The molecule has 0 saturated heterocycles. The predicted octanol–water partition coefficient (Wildman–Crippen LogP) is 4.62. The maximum Gasteiger partial charge on any atom is 0.407 e. The minimum absolute atomic E-state index is 0.0291. The van der Waals surface area contributed by atoms with Gasteiger partial charge in [0, 0.05) is 18.0 Å². The number of alkyl carbamates (subject to hydrolysis) is 1. The fraction of sp³-hybridized carbons (Fsp3) is 0.467. The van der Waals surface area contributed by atoms with Gasteiger partial charge in [0.1, 0.15) is 11.4 Å². The molecule has 1 N–H and O–H groups in total. The first-order valence-corrected chi connectivity index (χ1v) is 7.42. The fourth-order valence-corrected chi connectivity index (χ4v) is 2.17. The van der Waals surface area contributed by atoms with E-state index in [0.717, 1.165) is 6.07 Å². The number of amides is 1. The third kappa shape index (κ3) is 5.81. The van der Waals surface area contributed by atoms with Gasteiger partial charge < -0.3 is 10.1 Å². The van der Waals surface area contributed by atoms with Gasteiger partial charge in [0.05, 0.1) is 10.0 Å². The van der Waals surface area contributed by atoms with E-state index in [1.807, 2.05) is 0 Å². The molecule has 1 atom stereocenters. The monoisotopic (exact) mass is 349 g/mol. The Morgan fingerprint density at radius 2 is 1.86 bits per heavy atom. The van der Waals surface area contributed by atoms with Crippen LogP contribution < -0.4 is 5.32 Å². The number of rotatable bonds is 4. The highest BCUT2D eigenvalue weighted by Gasteiger charge is 2.21.